The monoisotopic (exact) mass is 394 g/mol. The Labute approximate surface area is 128 Å². The Morgan fingerprint density at radius 3 is 2.83 bits per heavy atom. The fourth-order valence-corrected chi connectivity index (χ4v) is 2.33. The molecule has 0 atom stereocenters. The second-order valence-corrected chi connectivity index (χ2v) is 5.74. The minimum atomic E-state index is -0.0702. The highest BCUT2D eigenvalue weighted by Crippen LogP contribution is 2.21. The third-order valence-electron chi connectivity index (χ3n) is 2.51. The van der Waals surface area contributed by atoms with Crippen LogP contribution in [0.25, 0.3) is 0 Å². The molecule has 2 aromatic rings. The molecule has 6 heteroatoms. The molecule has 94 valence electrons. The summed E-state index contributed by atoms with van der Waals surface area (Å²) in [5.74, 6) is 0. The molecule has 18 heavy (non-hydrogen) atoms. The van der Waals surface area contributed by atoms with Crippen molar-refractivity contribution in [3.05, 3.63) is 59.8 Å². The van der Waals surface area contributed by atoms with E-state index in [9.17, 15) is 4.79 Å². The molecule has 0 radical (unpaired) electrons. The fourth-order valence-electron chi connectivity index (χ4n) is 1.51. The lowest BCUT2D eigenvalue weighted by molar-refractivity contribution is 0.724. The van der Waals surface area contributed by atoms with Crippen LogP contribution in [0, 0.1) is 10.5 Å². The van der Waals surface area contributed by atoms with Gasteiger partial charge in [-0.25, -0.2) is 4.98 Å². The van der Waals surface area contributed by atoms with Crippen molar-refractivity contribution in [1.82, 2.24) is 9.55 Å². The Bertz CT molecular complexity index is 655. The normalized spacial score (nSPS) is 10.7. The molecule has 0 aliphatic rings. The van der Waals surface area contributed by atoms with Crippen LogP contribution in [0.5, 0.6) is 0 Å². The number of halogens is 3. The summed E-state index contributed by atoms with van der Waals surface area (Å²) in [7, 11) is 0. The number of hydrogen-bond donors (Lipinski definition) is 0. The van der Waals surface area contributed by atoms with Gasteiger partial charge in [0, 0.05) is 10.0 Å². The molecule has 0 bridgehead atoms. The van der Waals surface area contributed by atoms with Gasteiger partial charge in [-0.1, -0.05) is 23.2 Å². The molecule has 2 rings (SSSR count). The third kappa shape index (κ3) is 2.87. The lowest BCUT2D eigenvalue weighted by Gasteiger charge is -2.09. The fraction of sp³-hybridized carbons (Fsp3) is 0.167. The van der Waals surface area contributed by atoms with Crippen molar-refractivity contribution >= 4 is 45.8 Å². The molecular formula is C12H9Cl2IN2O. The molecule has 0 N–H and O–H groups in total. The Balaban J connectivity index is 2.44. The lowest BCUT2D eigenvalue weighted by Crippen LogP contribution is -2.24. The molecular weight excluding hydrogens is 386 g/mol. The zero-order valence-electron chi connectivity index (χ0n) is 9.45. The zero-order valence-corrected chi connectivity index (χ0v) is 13.1. The Kier molecular flexibility index (Phi) is 4.29. The highest BCUT2D eigenvalue weighted by Gasteiger charge is 2.08. The second-order valence-electron chi connectivity index (χ2n) is 3.81. The molecule has 0 saturated heterocycles. The van der Waals surface area contributed by atoms with Crippen molar-refractivity contribution in [3.8, 4) is 0 Å². The van der Waals surface area contributed by atoms with E-state index in [1.54, 1.807) is 25.1 Å². The van der Waals surface area contributed by atoms with Gasteiger partial charge in [0.15, 0.2) is 0 Å². The Morgan fingerprint density at radius 2 is 2.11 bits per heavy atom. The van der Waals surface area contributed by atoms with E-state index in [0.717, 1.165) is 11.3 Å². The van der Waals surface area contributed by atoms with Crippen LogP contribution in [0.2, 0.25) is 10.0 Å². The van der Waals surface area contributed by atoms with Crippen molar-refractivity contribution in [2.75, 3.05) is 0 Å². The van der Waals surface area contributed by atoms with Gasteiger partial charge in [-0.2, -0.15) is 0 Å². The second kappa shape index (κ2) is 5.59. The van der Waals surface area contributed by atoms with Crippen LogP contribution >= 0.6 is 45.8 Å². The number of aryl methyl sites for hydroxylation is 1. The first-order valence-electron chi connectivity index (χ1n) is 5.14. The Hall–Kier alpha value is -0.590. The molecule has 0 amide bonds. The van der Waals surface area contributed by atoms with E-state index in [-0.39, 0.29) is 5.56 Å². The minimum Gasteiger partial charge on any atom is -0.294 e. The van der Waals surface area contributed by atoms with Gasteiger partial charge < -0.3 is 0 Å². The predicted molar refractivity (Wildman–Crippen MR) is 81.5 cm³/mol. The molecule has 0 unspecified atom stereocenters. The smallest absolute Gasteiger partial charge is 0.267 e. The summed E-state index contributed by atoms with van der Waals surface area (Å²) in [5.41, 5.74) is 1.46. The summed E-state index contributed by atoms with van der Waals surface area (Å²) >= 11 is 14.0. The van der Waals surface area contributed by atoms with E-state index >= 15 is 0 Å². The number of rotatable bonds is 2. The largest absolute Gasteiger partial charge is 0.294 e. The van der Waals surface area contributed by atoms with Crippen molar-refractivity contribution in [2.24, 2.45) is 0 Å². The molecule has 1 aromatic heterocycles. The molecule has 0 spiro atoms. The lowest BCUT2D eigenvalue weighted by atomic mass is 10.2. The molecule has 0 aliphatic carbocycles. The summed E-state index contributed by atoms with van der Waals surface area (Å²) in [6.45, 7) is 2.17. The maximum absolute atomic E-state index is 12.0. The summed E-state index contributed by atoms with van der Waals surface area (Å²) < 4.78 is 2.14. The van der Waals surface area contributed by atoms with Gasteiger partial charge in [0.25, 0.3) is 5.56 Å². The highest BCUT2D eigenvalue weighted by atomic mass is 127. The van der Waals surface area contributed by atoms with Gasteiger partial charge in [0.2, 0.25) is 0 Å². The van der Waals surface area contributed by atoms with Gasteiger partial charge in [0.05, 0.1) is 22.1 Å². The molecule has 3 nitrogen and oxygen atoms in total. The van der Waals surface area contributed by atoms with E-state index in [4.69, 9.17) is 23.2 Å². The molecule has 1 aromatic carbocycles. The summed E-state index contributed by atoms with van der Waals surface area (Å²) in [6.07, 6.45) is 1.52. The predicted octanol–water partition coefficient (Wildman–Crippen LogP) is 3.51. The van der Waals surface area contributed by atoms with Crippen molar-refractivity contribution in [1.29, 1.82) is 0 Å². The van der Waals surface area contributed by atoms with Gasteiger partial charge >= 0.3 is 0 Å². The molecule has 1 heterocycles. The highest BCUT2D eigenvalue weighted by molar-refractivity contribution is 14.1. The first-order chi connectivity index (χ1) is 8.49. The van der Waals surface area contributed by atoms with E-state index in [1.165, 1.54) is 10.9 Å². The SMILES string of the molecule is Cc1ncn(Cc2cc(Cl)ccc2Cl)c(=O)c1I. The molecule has 0 fully saturated rings. The first-order valence-corrected chi connectivity index (χ1v) is 6.98. The number of hydrogen-bond acceptors (Lipinski definition) is 2. The van der Waals surface area contributed by atoms with Crippen LogP contribution in [0.3, 0.4) is 0 Å². The quantitative estimate of drug-likeness (QED) is 0.730. The summed E-state index contributed by atoms with van der Waals surface area (Å²) in [5, 5.41) is 1.18. The van der Waals surface area contributed by atoms with E-state index in [2.05, 4.69) is 4.98 Å². The Morgan fingerprint density at radius 1 is 1.39 bits per heavy atom. The van der Waals surface area contributed by atoms with Crippen LogP contribution in [0.15, 0.2) is 29.3 Å². The number of benzene rings is 1. The van der Waals surface area contributed by atoms with Crippen LogP contribution in [-0.2, 0) is 6.54 Å². The van der Waals surface area contributed by atoms with Crippen LogP contribution in [-0.4, -0.2) is 9.55 Å². The van der Waals surface area contributed by atoms with E-state index < -0.39 is 0 Å². The van der Waals surface area contributed by atoms with E-state index in [0.29, 0.717) is 20.2 Å². The topological polar surface area (TPSA) is 34.9 Å². The van der Waals surface area contributed by atoms with E-state index in [1.807, 2.05) is 22.6 Å². The van der Waals surface area contributed by atoms with Crippen molar-refractivity contribution < 1.29 is 0 Å². The standard InChI is InChI=1S/C12H9Cl2IN2O/c1-7-11(15)12(18)17(6-16-7)5-8-4-9(13)2-3-10(8)14/h2-4,6H,5H2,1H3. The number of aromatic nitrogens is 2. The average molecular weight is 395 g/mol. The van der Waals surface area contributed by atoms with Gasteiger partial charge in [-0.3, -0.25) is 9.36 Å². The van der Waals surface area contributed by atoms with Crippen molar-refractivity contribution in [2.45, 2.75) is 13.5 Å². The zero-order chi connectivity index (χ0) is 13.3. The summed E-state index contributed by atoms with van der Waals surface area (Å²) in [4.78, 5) is 16.2. The first kappa shape index (κ1) is 13.8. The van der Waals surface area contributed by atoms with Crippen LogP contribution in [0.1, 0.15) is 11.3 Å². The molecule has 0 saturated carbocycles. The average Bonchev–Trinajstić information content (AvgIpc) is 2.34. The van der Waals surface area contributed by atoms with Crippen LogP contribution in [0.4, 0.5) is 0 Å². The number of nitrogens with zero attached hydrogens (tertiary/aromatic N) is 2. The minimum absolute atomic E-state index is 0.0702. The maximum Gasteiger partial charge on any atom is 0.267 e. The van der Waals surface area contributed by atoms with Gasteiger partial charge in [0.1, 0.15) is 0 Å². The van der Waals surface area contributed by atoms with Crippen LogP contribution < -0.4 is 5.56 Å². The molecule has 0 aliphatic heterocycles. The summed E-state index contributed by atoms with van der Waals surface area (Å²) in [6, 6.07) is 5.19. The van der Waals surface area contributed by atoms with Gasteiger partial charge in [-0.05, 0) is 53.3 Å². The maximum atomic E-state index is 12.0. The van der Waals surface area contributed by atoms with Gasteiger partial charge in [-0.15, -0.1) is 0 Å². The third-order valence-corrected chi connectivity index (χ3v) is 4.35. The van der Waals surface area contributed by atoms with Crippen molar-refractivity contribution in [3.63, 3.8) is 0 Å².